The van der Waals surface area contributed by atoms with Crippen molar-refractivity contribution in [1.82, 2.24) is 29.7 Å². The number of aromatic nitrogens is 4. The summed E-state index contributed by atoms with van der Waals surface area (Å²) in [6.45, 7) is 5.17. The zero-order chi connectivity index (χ0) is 23.2. The lowest BCUT2D eigenvalue weighted by Gasteiger charge is -2.34. The number of amides is 1. The van der Waals surface area contributed by atoms with Gasteiger partial charge in [0.2, 0.25) is 11.9 Å². The van der Waals surface area contributed by atoms with E-state index < -0.39 is 0 Å². The van der Waals surface area contributed by atoms with Crippen LogP contribution in [0.25, 0.3) is 16.7 Å². The SMILES string of the molecule is O=C(CCc1nc2ccccc2n1-c1ccccc1)NCCN1CCN(c2ncccn2)CC1. The Kier molecular flexibility index (Phi) is 6.76. The van der Waals surface area contributed by atoms with E-state index in [-0.39, 0.29) is 5.91 Å². The van der Waals surface area contributed by atoms with Crippen LogP contribution in [0, 0.1) is 0 Å². The second-order valence-electron chi connectivity index (χ2n) is 8.42. The van der Waals surface area contributed by atoms with E-state index in [4.69, 9.17) is 4.98 Å². The summed E-state index contributed by atoms with van der Waals surface area (Å²) in [5.41, 5.74) is 3.07. The first-order chi connectivity index (χ1) is 16.8. The van der Waals surface area contributed by atoms with E-state index in [2.05, 4.69) is 47.9 Å². The van der Waals surface area contributed by atoms with Crippen molar-refractivity contribution in [2.75, 3.05) is 44.2 Å². The molecule has 5 rings (SSSR count). The fourth-order valence-corrected chi connectivity index (χ4v) is 4.40. The Morgan fingerprint density at radius 1 is 0.882 bits per heavy atom. The number of imidazole rings is 1. The molecular weight excluding hydrogens is 426 g/mol. The Labute approximate surface area is 199 Å². The van der Waals surface area contributed by atoms with Gasteiger partial charge in [0, 0.05) is 70.2 Å². The molecule has 34 heavy (non-hydrogen) atoms. The number of nitrogens with one attached hydrogen (secondary N) is 1. The van der Waals surface area contributed by atoms with Crippen molar-refractivity contribution in [3.05, 3.63) is 78.9 Å². The van der Waals surface area contributed by atoms with Crippen LogP contribution >= 0.6 is 0 Å². The van der Waals surface area contributed by atoms with Gasteiger partial charge in [-0.2, -0.15) is 0 Å². The van der Waals surface area contributed by atoms with Crippen LogP contribution in [0.4, 0.5) is 5.95 Å². The summed E-state index contributed by atoms with van der Waals surface area (Å²) in [4.78, 5) is 30.6. The lowest BCUT2D eigenvalue weighted by Crippen LogP contribution is -2.49. The van der Waals surface area contributed by atoms with Gasteiger partial charge in [0.25, 0.3) is 0 Å². The fraction of sp³-hybridized carbons (Fsp3) is 0.308. The first-order valence-electron chi connectivity index (χ1n) is 11.8. The van der Waals surface area contributed by atoms with Gasteiger partial charge in [-0.1, -0.05) is 30.3 Å². The van der Waals surface area contributed by atoms with Gasteiger partial charge in [-0.25, -0.2) is 15.0 Å². The van der Waals surface area contributed by atoms with Gasteiger partial charge >= 0.3 is 0 Å². The van der Waals surface area contributed by atoms with Gasteiger partial charge in [-0.3, -0.25) is 14.3 Å². The van der Waals surface area contributed by atoms with Gasteiger partial charge in [-0.05, 0) is 30.3 Å². The number of fused-ring (bicyclic) bond motifs is 1. The highest BCUT2D eigenvalue weighted by atomic mass is 16.1. The van der Waals surface area contributed by atoms with Gasteiger partial charge < -0.3 is 10.2 Å². The van der Waals surface area contributed by atoms with Gasteiger partial charge in [0.1, 0.15) is 5.82 Å². The standard InChI is InChI=1S/C26H29N7O/c34-25(27-15-16-31-17-19-32(20-18-31)26-28-13-6-14-29-26)12-11-24-30-22-9-4-5-10-23(22)33(24)21-7-2-1-3-8-21/h1-10,13-14H,11-12,15-20H2,(H,27,34). The normalized spacial score (nSPS) is 14.4. The van der Waals surface area contributed by atoms with Gasteiger partial charge in [0.15, 0.2) is 0 Å². The summed E-state index contributed by atoms with van der Waals surface area (Å²) in [6.07, 6.45) is 4.55. The number of aryl methyl sites for hydroxylation is 1. The quantitative estimate of drug-likeness (QED) is 0.440. The Hall–Kier alpha value is -3.78. The van der Waals surface area contributed by atoms with Crippen molar-refractivity contribution in [2.24, 2.45) is 0 Å². The summed E-state index contributed by atoms with van der Waals surface area (Å²) in [6, 6.07) is 20.1. The first-order valence-corrected chi connectivity index (χ1v) is 11.8. The third kappa shape index (κ3) is 5.07. The zero-order valence-electron chi connectivity index (χ0n) is 19.2. The summed E-state index contributed by atoms with van der Waals surface area (Å²) in [5, 5.41) is 3.08. The Morgan fingerprint density at radius 2 is 1.62 bits per heavy atom. The van der Waals surface area contributed by atoms with E-state index >= 15 is 0 Å². The van der Waals surface area contributed by atoms with Crippen molar-refractivity contribution in [3.63, 3.8) is 0 Å². The molecule has 0 unspecified atom stereocenters. The van der Waals surface area contributed by atoms with Crippen LogP contribution in [0.5, 0.6) is 0 Å². The highest BCUT2D eigenvalue weighted by Crippen LogP contribution is 2.22. The number of carbonyl (C=O) groups is 1. The molecule has 1 aliphatic rings. The molecule has 0 spiro atoms. The summed E-state index contributed by atoms with van der Waals surface area (Å²) in [7, 11) is 0. The molecule has 1 saturated heterocycles. The maximum absolute atomic E-state index is 12.6. The highest BCUT2D eigenvalue weighted by Gasteiger charge is 2.19. The predicted molar refractivity (Wildman–Crippen MR) is 133 cm³/mol. The smallest absolute Gasteiger partial charge is 0.225 e. The molecule has 1 N–H and O–H groups in total. The number of anilines is 1. The van der Waals surface area contributed by atoms with Crippen LogP contribution in [0.3, 0.4) is 0 Å². The number of rotatable bonds is 8. The second kappa shape index (κ2) is 10.4. The summed E-state index contributed by atoms with van der Waals surface area (Å²) < 4.78 is 2.15. The number of benzene rings is 2. The molecule has 4 aromatic rings. The molecule has 1 fully saturated rings. The van der Waals surface area contributed by atoms with Gasteiger partial charge in [0.05, 0.1) is 11.0 Å². The van der Waals surface area contributed by atoms with Crippen LogP contribution in [0.15, 0.2) is 73.1 Å². The van der Waals surface area contributed by atoms with Crippen LogP contribution in [0.2, 0.25) is 0 Å². The van der Waals surface area contributed by atoms with Crippen LogP contribution in [-0.2, 0) is 11.2 Å². The first kappa shape index (κ1) is 22.0. The molecule has 8 heteroatoms. The molecule has 0 saturated carbocycles. The lowest BCUT2D eigenvalue weighted by molar-refractivity contribution is -0.121. The number of para-hydroxylation sites is 3. The number of nitrogens with zero attached hydrogens (tertiary/aromatic N) is 6. The minimum absolute atomic E-state index is 0.0583. The second-order valence-corrected chi connectivity index (χ2v) is 8.42. The number of hydrogen-bond donors (Lipinski definition) is 1. The third-order valence-corrected chi connectivity index (χ3v) is 6.18. The lowest BCUT2D eigenvalue weighted by atomic mass is 10.2. The topological polar surface area (TPSA) is 79.2 Å². The largest absolute Gasteiger partial charge is 0.355 e. The minimum Gasteiger partial charge on any atom is -0.355 e. The molecule has 1 amide bonds. The molecule has 174 valence electrons. The Bertz CT molecular complexity index is 1220. The van der Waals surface area contributed by atoms with E-state index in [1.54, 1.807) is 12.4 Å². The van der Waals surface area contributed by atoms with E-state index in [1.807, 2.05) is 42.5 Å². The van der Waals surface area contributed by atoms with E-state index in [0.29, 0.717) is 19.4 Å². The van der Waals surface area contributed by atoms with Crippen molar-refractivity contribution in [1.29, 1.82) is 0 Å². The predicted octanol–water partition coefficient (Wildman–Crippen LogP) is 2.69. The average Bonchev–Trinajstić information content (AvgIpc) is 3.27. The van der Waals surface area contributed by atoms with Crippen molar-refractivity contribution < 1.29 is 4.79 Å². The van der Waals surface area contributed by atoms with E-state index in [9.17, 15) is 4.79 Å². The zero-order valence-corrected chi connectivity index (χ0v) is 19.2. The maximum Gasteiger partial charge on any atom is 0.225 e. The minimum atomic E-state index is 0.0583. The molecule has 2 aromatic carbocycles. The third-order valence-electron chi connectivity index (χ3n) is 6.18. The maximum atomic E-state index is 12.6. The molecule has 0 atom stereocenters. The number of carbonyl (C=O) groups excluding carboxylic acids is 1. The molecule has 1 aliphatic heterocycles. The van der Waals surface area contributed by atoms with E-state index in [0.717, 1.165) is 61.2 Å². The number of piperazine rings is 1. The molecule has 0 aliphatic carbocycles. The van der Waals surface area contributed by atoms with E-state index in [1.165, 1.54) is 0 Å². The Morgan fingerprint density at radius 3 is 2.41 bits per heavy atom. The fourth-order valence-electron chi connectivity index (χ4n) is 4.40. The molecule has 8 nitrogen and oxygen atoms in total. The summed E-state index contributed by atoms with van der Waals surface area (Å²) >= 11 is 0. The molecule has 0 radical (unpaired) electrons. The molecule has 2 aromatic heterocycles. The van der Waals surface area contributed by atoms with Crippen LogP contribution in [-0.4, -0.2) is 69.6 Å². The van der Waals surface area contributed by atoms with Crippen LogP contribution in [0.1, 0.15) is 12.2 Å². The molecular formula is C26H29N7O. The Balaban J connectivity index is 1.11. The monoisotopic (exact) mass is 455 g/mol. The highest BCUT2D eigenvalue weighted by molar-refractivity contribution is 5.79. The molecule has 3 heterocycles. The number of hydrogen-bond acceptors (Lipinski definition) is 6. The summed E-state index contributed by atoms with van der Waals surface area (Å²) in [5.74, 6) is 1.75. The van der Waals surface area contributed by atoms with Crippen molar-refractivity contribution in [3.8, 4) is 5.69 Å². The average molecular weight is 456 g/mol. The van der Waals surface area contributed by atoms with Crippen LogP contribution < -0.4 is 10.2 Å². The van der Waals surface area contributed by atoms with Crippen molar-refractivity contribution in [2.45, 2.75) is 12.8 Å². The molecule has 0 bridgehead atoms. The van der Waals surface area contributed by atoms with Crippen molar-refractivity contribution >= 4 is 22.9 Å². The van der Waals surface area contributed by atoms with Gasteiger partial charge in [-0.15, -0.1) is 0 Å².